The highest BCUT2D eigenvalue weighted by Gasteiger charge is 2.39. The summed E-state index contributed by atoms with van der Waals surface area (Å²) >= 11 is 15.7. The minimum absolute atomic E-state index is 0.0186. The minimum atomic E-state index is -4.95. The highest BCUT2D eigenvalue weighted by molar-refractivity contribution is 7.46. The Balaban J connectivity index is 0.922. The van der Waals surface area contributed by atoms with Crippen molar-refractivity contribution in [1.29, 1.82) is 0 Å². The molecule has 7 rings (SSSR count). The number of ether oxygens (including phenoxy) is 2. The number of hydrogen-bond donors (Lipinski definition) is 9. The molecule has 0 saturated heterocycles. The van der Waals surface area contributed by atoms with Crippen molar-refractivity contribution in [2.24, 2.45) is 17.4 Å². The molecule has 0 fully saturated rings. The van der Waals surface area contributed by atoms with Crippen LogP contribution < -0.4 is 57.1 Å². The quantitative estimate of drug-likeness (QED) is 0.0120. The van der Waals surface area contributed by atoms with Gasteiger partial charge in [0.15, 0.2) is 11.5 Å². The summed E-state index contributed by atoms with van der Waals surface area (Å²) < 4.78 is 29.9. The minimum Gasteiger partial charge on any atom is -0.445 e. The smallest absolute Gasteiger partial charge is 0.445 e. The number of nitrogens with two attached hydrogens (primary N) is 2. The van der Waals surface area contributed by atoms with Crippen LogP contribution in [0.5, 0.6) is 11.5 Å². The first-order valence-corrected chi connectivity index (χ1v) is 34.4. The van der Waals surface area contributed by atoms with Crippen LogP contribution in [-0.4, -0.2) is 156 Å². The number of alkyl halides is 2. The van der Waals surface area contributed by atoms with E-state index in [1.54, 1.807) is 49.1 Å². The zero-order valence-electron chi connectivity index (χ0n) is 52.3. The van der Waals surface area contributed by atoms with E-state index < -0.39 is 73.7 Å². The Hall–Kier alpha value is -7.30. The third-order valence-corrected chi connectivity index (χ3v) is 19.3. The number of amides is 10. The number of phosphoric acid groups is 1. The zero-order valence-corrected chi connectivity index (χ0v) is 56.3. The number of aryl methyl sites for hydroxylation is 2. The number of fused-ring (bicyclic) bond motifs is 6. The molecular formula is C61H80Cl2N11O15PS2. The van der Waals surface area contributed by atoms with Crippen molar-refractivity contribution < 1.29 is 71.5 Å². The highest BCUT2D eigenvalue weighted by Crippen LogP contribution is 2.52. The Labute approximate surface area is 550 Å². The van der Waals surface area contributed by atoms with E-state index in [1.165, 1.54) is 64.5 Å². The highest BCUT2D eigenvalue weighted by atomic mass is 35.5. The maximum atomic E-state index is 14.2. The Bertz CT molecular complexity index is 3610. The van der Waals surface area contributed by atoms with Crippen molar-refractivity contribution in [1.82, 2.24) is 31.1 Å². The van der Waals surface area contributed by atoms with Gasteiger partial charge in [-0.05, 0) is 116 Å². The second-order valence-corrected chi connectivity index (χ2v) is 26.8. The normalized spacial score (nSPS) is 15.3. The number of primary amides is 1. The van der Waals surface area contributed by atoms with E-state index in [0.29, 0.717) is 57.8 Å². The Morgan fingerprint density at radius 2 is 1.26 bits per heavy atom. The van der Waals surface area contributed by atoms with Crippen LogP contribution in [0.2, 0.25) is 0 Å². The van der Waals surface area contributed by atoms with Gasteiger partial charge in [-0.1, -0.05) is 26.0 Å². The fourth-order valence-corrected chi connectivity index (χ4v) is 14.1. The van der Waals surface area contributed by atoms with Gasteiger partial charge in [-0.2, -0.15) is 0 Å². The number of anilines is 3. The largest absolute Gasteiger partial charge is 0.524 e. The van der Waals surface area contributed by atoms with E-state index in [9.17, 15) is 57.5 Å². The summed E-state index contributed by atoms with van der Waals surface area (Å²) in [5.74, 6) is -3.17. The van der Waals surface area contributed by atoms with Gasteiger partial charge < -0.3 is 71.6 Å². The molecule has 1 unspecified atom stereocenters. The van der Waals surface area contributed by atoms with Gasteiger partial charge in [0, 0.05) is 119 Å². The number of hydrogen-bond acceptors (Lipinski definition) is 16. The second kappa shape index (κ2) is 32.5. The first-order valence-electron chi connectivity index (χ1n) is 30.0. The van der Waals surface area contributed by atoms with Gasteiger partial charge in [-0.15, -0.1) is 45.9 Å². The number of urea groups is 1. The van der Waals surface area contributed by atoms with Crippen molar-refractivity contribution >= 4 is 145 Å². The number of phosphoric ester groups is 1. The molecule has 0 bridgehead atoms. The summed E-state index contributed by atoms with van der Waals surface area (Å²) in [5, 5.41) is 18.7. The summed E-state index contributed by atoms with van der Waals surface area (Å²) in [4.78, 5) is 145. The molecule has 26 nitrogen and oxygen atoms in total. The fraction of sp³-hybridized carbons (Fsp3) is 0.492. The molecule has 0 aliphatic carbocycles. The third-order valence-electron chi connectivity index (χ3n) is 15.9. The molecule has 2 aliphatic heterocycles. The van der Waals surface area contributed by atoms with Crippen LogP contribution in [0.25, 0.3) is 20.2 Å². The first-order chi connectivity index (χ1) is 43.6. The lowest BCUT2D eigenvalue weighted by Crippen LogP contribution is -2.57. The molecule has 11 N–H and O–H groups in total. The number of benzene rings is 3. The molecule has 5 atom stereocenters. The summed E-state index contributed by atoms with van der Waals surface area (Å²) in [7, 11) is -1.93. The number of nitrogens with zero attached hydrogens (tertiary/aromatic N) is 4. The van der Waals surface area contributed by atoms with E-state index in [0.717, 1.165) is 33.0 Å². The lowest BCUT2D eigenvalue weighted by molar-refractivity contribution is -0.133. The predicted molar refractivity (Wildman–Crippen MR) is 354 cm³/mol. The number of likely N-dealkylation sites (N-methyl/N-ethyl adjacent to an activating group) is 2. The van der Waals surface area contributed by atoms with E-state index in [2.05, 4.69) is 26.6 Å². The van der Waals surface area contributed by atoms with Gasteiger partial charge in [0.05, 0.1) is 20.8 Å². The molecule has 2 aromatic heterocycles. The molecule has 0 saturated carbocycles. The lowest BCUT2D eigenvalue weighted by Gasteiger charge is -2.27. The topological polar surface area (TPSA) is 364 Å². The zero-order chi connectivity index (χ0) is 67.3. The van der Waals surface area contributed by atoms with Gasteiger partial charge >= 0.3 is 26.0 Å². The van der Waals surface area contributed by atoms with Crippen molar-refractivity contribution in [3.8, 4) is 11.5 Å². The molecule has 500 valence electrons. The Kier molecular flexibility index (Phi) is 25.5. The first kappa shape index (κ1) is 72.1. The maximum Gasteiger partial charge on any atom is 0.524 e. The number of rotatable bonds is 30. The average molecular weight is 1370 g/mol. The van der Waals surface area contributed by atoms with E-state index in [1.807, 2.05) is 24.6 Å². The average Bonchev–Trinajstić information content (AvgIpc) is 1.58. The molecular weight excluding hydrogens is 1290 g/mol. The van der Waals surface area contributed by atoms with Gasteiger partial charge in [0.1, 0.15) is 24.7 Å². The van der Waals surface area contributed by atoms with Gasteiger partial charge in [-0.3, -0.25) is 38.6 Å². The number of halogens is 2. The molecule has 2 aliphatic rings. The van der Waals surface area contributed by atoms with E-state index >= 15 is 0 Å². The second-order valence-electron chi connectivity index (χ2n) is 23.2. The van der Waals surface area contributed by atoms with Crippen LogP contribution in [0.3, 0.4) is 0 Å². The van der Waals surface area contributed by atoms with Crippen LogP contribution in [-0.2, 0) is 44.7 Å². The SMILES string of the molecule is CC(=O)N[C@@H](CCCCN)C(=O)NC(C(=O)N[C@@H](CCCNC(N)=O)C(=O)Nc1ccc(COC(=O)N(C)CCN(C)C(=O)Oc2cc3c(c4c(C)csc24)[C@H](CCl)CN3C(=O)CCCC(=O)N2C[C@@H](CCl)c3c2cc(OP(=O)(O)O)c2scc(C)c32)cc1)C(C)C. The number of thiophene rings is 2. The molecule has 92 heavy (non-hydrogen) atoms. The number of carbonyl (C=O) groups is 9. The maximum absolute atomic E-state index is 14.2. The monoisotopic (exact) mass is 1370 g/mol. The summed E-state index contributed by atoms with van der Waals surface area (Å²) in [6, 6.07) is 5.68. The van der Waals surface area contributed by atoms with Crippen molar-refractivity contribution in [2.45, 2.75) is 123 Å². The summed E-state index contributed by atoms with van der Waals surface area (Å²) in [6.45, 7) is 9.46. The van der Waals surface area contributed by atoms with Crippen molar-refractivity contribution in [3.05, 3.63) is 75.0 Å². The van der Waals surface area contributed by atoms with Crippen LogP contribution in [0.15, 0.2) is 47.2 Å². The van der Waals surface area contributed by atoms with Crippen LogP contribution >= 0.6 is 53.7 Å². The van der Waals surface area contributed by atoms with Crippen molar-refractivity contribution in [2.75, 3.05) is 80.2 Å². The summed E-state index contributed by atoms with van der Waals surface area (Å²) in [5.41, 5.74) is 16.1. The van der Waals surface area contributed by atoms with Crippen LogP contribution in [0, 0.1) is 19.8 Å². The predicted octanol–water partition coefficient (Wildman–Crippen LogP) is 7.76. The number of unbranched alkanes of at least 4 members (excludes halogenated alkanes) is 1. The molecule has 3 aromatic carbocycles. The molecule has 0 radical (unpaired) electrons. The van der Waals surface area contributed by atoms with Gasteiger partial charge in [-0.25, -0.2) is 18.9 Å². The summed E-state index contributed by atoms with van der Waals surface area (Å²) in [6.07, 6.45) is 0.515. The molecule has 4 heterocycles. The number of carbonyl (C=O) groups excluding carboxylic acids is 9. The van der Waals surface area contributed by atoms with Crippen LogP contribution in [0.4, 0.5) is 31.4 Å². The Morgan fingerprint density at radius 3 is 1.78 bits per heavy atom. The Morgan fingerprint density at radius 1 is 0.728 bits per heavy atom. The fourth-order valence-electron chi connectivity index (χ4n) is 11.1. The molecule has 10 amide bonds. The third kappa shape index (κ3) is 18.3. The van der Waals surface area contributed by atoms with Crippen LogP contribution in [0.1, 0.15) is 112 Å². The van der Waals surface area contributed by atoms with E-state index in [4.69, 9.17) is 48.7 Å². The molecule has 31 heteroatoms. The van der Waals surface area contributed by atoms with Gasteiger partial charge in [0.25, 0.3) is 0 Å². The van der Waals surface area contributed by atoms with Crippen molar-refractivity contribution in [3.63, 3.8) is 0 Å². The number of nitrogens with one attached hydrogen (secondary N) is 5. The lowest BCUT2D eigenvalue weighted by atomic mass is 9.97. The molecule has 5 aromatic rings. The standard InChI is InChI=1S/C61H80Cl2N11O15PS2/c1-33(2)53(70-57(79)41(67-36(5)75)12-8-9-20-64)58(80)69-42(13-11-21-66-59(65)81)56(78)68-40-18-16-37(17-19-40)30-87-60(82)71(6)22-23-72(7)61(83)88-45-24-43-51(49-34(3)31-91-54(45)49)38(26-62)28-73(43)47(76)14-10-15-48(77)74-29-39(27-63)52-44(74)25-46(89-90(84,85)86)55-50(52)35(4)32-92-55/h16-19,24-25,31-33,38-39,41-42,53H,8-15,20-23,26-30,64H2,1-7H3,(H,67,75)(H,68,78)(H,69,80)(H,70,79)(H3,65,66,81)(H2,84,85,86)/t38-,39-,41+,42+,53?/m1/s1. The van der Waals surface area contributed by atoms with Gasteiger partial charge in [0.2, 0.25) is 35.4 Å². The molecule has 0 spiro atoms. The van der Waals surface area contributed by atoms with E-state index in [-0.39, 0.29) is 118 Å².